The number of para-hydroxylation sites is 1. The maximum atomic E-state index is 12.2. The van der Waals surface area contributed by atoms with Gasteiger partial charge in [-0.3, -0.25) is 0 Å². The Hall–Kier alpha value is -2.15. The van der Waals surface area contributed by atoms with Crippen LogP contribution in [0.15, 0.2) is 42.6 Å². The number of ether oxygens (including phenoxy) is 1. The van der Waals surface area contributed by atoms with E-state index < -0.39 is 6.36 Å². The molecule has 0 atom stereocenters. The van der Waals surface area contributed by atoms with Crippen LogP contribution in [-0.2, 0) is 13.1 Å². The zero-order valence-corrected chi connectivity index (χ0v) is 10.4. The Morgan fingerprint density at radius 3 is 2.55 bits per heavy atom. The van der Waals surface area contributed by atoms with Crippen molar-refractivity contribution in [1.29, 1.82) is 0 Å². The highest BCUT2D eigenvalue weighted by Gasteiger charge is 2.31. The predicted octanol–water partition coefficient (Wildman–Crippen LogP) is 2.67. The second-order valence-electron chi connectivity index (χ2n) is 3.97. The quantitative estimate of drug-likeness (QED) is 0.916. The van der Waals surface area contributed by atoms with Crippen LogP contribution >= 0.6 is 0 Å². The van der Waals surface area contributed by atoms with Gasteiger partial charge < -0.3 is 10.1 Å². The number of nitrogens with zero attached hydrogens (tertiary/aromatic N) is 2. The molecule has 7 heteroatoms. The van der Waals surface area contributed by atoms with Crippen molar-refractivity contribution in [2.24, 2.45) is 0 Å². The molecular weight excluding hydrogens is 271 g/mol. The molecule has 0 fully saturated rings. The summed E-state index contributed by atoms with van der Waals surface area (Å²) in [4.78, 5) is 0. The first kappa shape index (κ1) is 14.3. The van der Waals surface area contributed by atoms with E-state index in [1.54, 1.807) is 30.5 Å². The third kappa shape index (κ3) is 4.51. The number of alkyl halides is 3. The molecule has 2 aromatic rings. The molecule has 20 heavy (non-hydrogen) atoms. The maximum absolute atomic E-state index is 12.2. The van der Waals surface area contributed by atoms with Gasteiger partial charge in [-0.1, -0.05) is 18.2 Å². The molecular formula is C13H12F3N3O. The van der Waals surface area contributed by atoms with Gasteiger partial charge in [-0.15, -0.1) is 13.2 Å². The second kappa shape index (κ2) is 6.33. The van der Waals surface area contributed by atoms with E-state index in [1.165, 1.54) is 12.1 Å². The minimum Gasteiger partial charge on any atom is -0.405 e. The zero-order chi connectivity index (χ0) is 14.4. The maximum Gasteiger partial charge on any atom is 0.573 e. The van der Waals surface area contributed by atoms with Crippen LogP contribution in [0.3, 0.4) is 0 Å². The van der Waals surface area contributed by atoms with Crippen molar-refractivity contribution in [2.45, 2.75) is 19.5 Å². The smallest absolute Gasteiger partial charge is 0.405 e. The van der Waals surface area contributed by atoms with E-state index >= 15 is 0 Å². The number of benzene rings is 1. The SMILES string of the molecule is FC(F)(F)Oc1ccccc1CNCc1cccnn1. The second-order valence-corrected chi connectivity index (χ2v) is 3.97. The fourth-order valence-corrected chi connectivity index (χ4v) is 1.63. The number of hydrogen-bond donors (Lipinski definition) is 1. The Balaban J connectivity index is 1.96. The average Bonchev–Trinajstić information content (AvgIpc) is 2.40. The molecule has 1 heterocycles. The summed E-state index contributed by atoms with van der Waals surface area (Å²) in [6, 6.07) is 9.52. The summed E-state index contributed by atoms with van der Waals surface area (Å²) in [6.07, 6.45) is -3.14. The third-order valence-corrected chi connectivity index (χ3v) is 2.45. The molecule has 1 aromatic carbocycles. The fraction of sp³-hybridized carbons (Fsp3) is 0.231. The van der Waals surface area contributed by atoms with E-state index in [9.17, 15) is 13.2 Å². The van der Waals surface area contributed by atoms with Gasteiger partial charge >= 0.3 is 6.36 Å². The lowest BCUT2D eigenvalue weighted by Gasteiger charge is -2.13. The van der Waals surface area contributed by atoms with Gasteiger partial charge in [-0.2, -0.15) is 10.2 Å². The normalized spacial score (nSPS) is 11.3. The molecule has 0 unspecified atom stereocenters. The lowest BCUT2D eigenvalue weighted by atomic mass is 10.2. The molecule has 0 spiro atoms. The van der Waals surface area contributed by atoms with Crippen LogP contribution in [0.4, 0.5) is 13.2 Å². The van der Waals surface area contributed by atoms with Crippen molar-refractivity contribution in [2.75, 3.05) is 0 Å². The number of aromatic nitrogens is 2. The first-order valence-corrected chi connectivity index (χ1v) is 5.85. The van der Waals surface area contributed by atoms with E-state index in [-0.39, 0.29) is 12.3 Å². The van der Waals surface area contributed by atoms with Crippen molar-refractivity contribution < 1.29 is 17.9 Å². The van der Waals surface area contributed by atoms with Gasteiger partial charge in [0, 0.05) is 24.8 Å². The average molecular weight is 283 g/mol. The van der Waals surface area contributed by atoms with Gasteiger partial charge in [0.25, 0.3) is 0 Å². The Morgan fingerprint density at radius 2 is 1.85 bits per heavy atom. The summed E-state index contributed by atoms with van der Waals surface area (Å²) in [5, 5.41) is 10.6. The van der Waals surface area contributed by atoms with Gasteiger partial charge in [0.05, 0.1) is 5.69 Å². The molecule has 106 valence electrons. The third-order valence-electron chi connectivity index (χ3n) is 2.45. The molecule has 0 bridgehead atoms. The minimum absolute atomic E-state index is 0.202. The van der Waals surface area contributed by atoms with Crippen LogP contribution < -0.4 is 10.1 Å². The van der Waals surface area contributed by atoms with Crippen molar-refractivity contribution in [3.8, 4) is 5.75 Å². The number of nitrogens with one attached hydrogen (secondary N) is 1. The van der Waals surface area contributed by atoms with Crippen LogP contribution in [0.2, 0.25) is 0 Å². The summed E-state index contributed by atoms with van der Waals surface area (Å²) in [6.45, 7) is 0.650. The monoisotopic (exact) mass is 283 g/mol. The van der Waals surface area contributed by atoms with Gasteiger partial charge in [0.15, 0.2) is 0 Å². The Labute approximate surface area is 113 Å². The van der Waals surface area contributed by atoms with Crippen molar-refractivity contribution >= 4 is 0 Å². The summed E-state index contributed by atoms with van der Waals surface area (Å²) in [5.41, 5.74) is 1.13. The van der Waals surface area contributed by atoms with Crippen molar-refractivity contribution in [3.63, 3.8) is 0 Å². The number of halogens is 3. The molecule has 0 aliphatic rings. The fourth-order valence-electron chi connectivity index (χ4n) is 1.63. The van der Waals surface area contributed by atoms with Crippen LogP contribution in [0.1, 0.15) is 11.3 Å². The molecule has 0 aliphatic heterocycles. The molecule has 2 rings (SSSR count). The van der Waals surface area contributed by atoms with Crippen molar-refractivity contribution in [3.05, 3.63) is 53.9 Å². The summed E-state index contributed by atoms with van der Waals surface area (Å²) in [7, 11) is 0. The lowest BCUT2D eigenvalue weighted by molar-refractivity contribution is -0.274. The molecule has 0 saturated carbocycles. The first-order valence-electron chi connectivity index (χ1n) is 5.85. The highest BCUT2D eigenvalue weighted by molar-refractivity contribution is 5.33. The number of hydrogen-bond acceptors (Lipinski definition) is 4. The lowest BCUT2D eigenvalue weighted by Crippen LogP contribution is -2.20. The number of rotatable bonds is 5. The summed E-state index contributed by atoms with van der Waals surface area (Å²) in [5.74, 6) is -0.202. The summed E-state index contributed by atoms with van der Waals surface area (Å²) < 4.78 is 40.7. The van der Waals surface area contributed by atoms with Gasteiger partial charge in [0.1, 0.15) is 5.75 Å². The molecule has 4 nitrogen and oxygen atoms in total. The van der Waals surface area contributed by atoms with Gasteiger partial charge in [0.2, 0.25) is 0 Å². The van der Waals surface area contributed by atoms with Gasteiger partial charge in [-0.25, -0.2) is 0 Å². The van der Waals surface area contributed by atoms with Crippen LogP contribution in [0.5, 0.6) is 5.75 Å². The molecule has 0 radical (unpaired) electrons. The topological polar surface area (TPSA) is 47.0 Å². The molecule has 1 N–H and O–H groups in total. The summed E-state index contributed by atoms with van der Waals surface area (Å²) >= 11 is 0. The zero-order valence-electron chi connectivity index (χ0n) is 10.4. The van der Waals surface area contributed by atoms with Crippen LogP contribution in [-0.4, -0.2) is 16.6 Å². The van der Waals surface area contributed by atoms with E-state index in [0.29, 0.717) is 17.8 Å². The largest absolute Gasteiger partial charge is 0.573 e. The van der Waals surface area contributed by atoms with E-state index in [2.05, 4.69) is 20.3 Å². The highest BCUT2D eigenvalue weighted by atomic mass is 19.4. The van der Waals surface area contributed by atoms with Crippen LogP contribution in [0, 0.1) is 0 Å². The highest BCUT2D eigenvalue weighted by Crippen LogP contribution is 2.26. The Morgan fingerprint density at radius 1 is 1.05 bits per heavy atom. The predicted molar refractivity (Wildman–Crippen MR) is 65.7 cm³/mol. The van der Waals surface area contributed by atoms with E-state index in [1.807, 2.05) is 0 Å². The van der Waals surface area contributed by atoms with Crippen molar-refractivity contribution in [1.82, 2.24) is 15.5 Å². The standard InChI is InChI=1S/C13H12F3N3O/c14-13(15,16)20-12-6-2-1-4-10(12)8-17-9-11-5-3-7-18-19-11/h1-7,17H,8-9H2. The molecule has 1 aromatic heterocycles. The molecule has 0 saturated heterocycles. The molecule has 0 aliphatic carbocycles. The first-order chi connectivity index (χ1) is 9.54. The Kier molecular flexibility index (Phi) is 4.52. The van der Waals surface area contributed by atoms with Crippen LogP contribution in [0.25, 0.3) is 0 Å². The van der Waals surface area contributed by atoms with E-state index in [0.717, 1.165) is 0 Å². The molecule has 0 amide bonds. The minimum atomic E-state index is -4.69. The van der Waals surface area contributed by atoms with Gasteiger partial charge in [-0.05, 0) is 18.2 Å². The van der Waals surface area contributed by atoms with E-state index in [4.69, 9.17) is 0 Å². The Bertz CT molecular complexity index is 546.